The number of nitrogens with one attached hydrogen (secondary N) is 1. The Bertz CT molecular complexity index is 501. The zero-order valence-electron chi connectivity index (χ0n) is 11.9. The van der Waals surface area contributed by atoms with Crippen LogP contribution in [0, 0.1) is 5.92 Å². The first-order valence-electron chi connectivity index (χ1n) is 6.84. The van der Waals surface area contributed by atoms with E-state index in [2.05, 4.69) is 46.2 Å². The molecule has 0 aliphatic carbocycles. The summed E-state index contributed by atoms with van der Waals surface area (Å²) in [6, 6.07) is 2.12. The van der Waals surface area contributed by atoms with Crippen LogP contribution >= 0.6 is 0 Å². The molecule has 2 aromatic rings. The fourth-order valence-electron chi connectivity index (χ4n) is 1.85. The SMILES string of the molecule is CCc1nnc(Cn2ccc(CNCC(C)C)c2)o1. The van der Waals surface area contributed by atoms with Gasteiger partial charge in [-0.2, -0.15) is 0 Å². The summed E-state index contributed by atoms with van der Waals surface area (Å²) < 4.78 is 7.57. The maximum atomic E-state index is 5.50. The Morgan fingerprint density at radius 3 is 2.79 bits per heavy atom. The van der Waals surface area contributed by atoms with Gasteiger partial charge >= 0.3 is 0 Å². The van der Waals surface area contributed by atoms with E-state index in [0.29, 0.717) is 24.2 Å². The Labute approximate surface area is 114 Å². The number of rotatable bonds is 7. The van der Waals surface area contributed by atoms with Crippen molar-refractivity contribution in [2.75, 3.05) is 6.54 Å². The summed E-state index contributed by atoms with van der Waals surface area (Å²) >= 11 is 0. The molecule has 0 amide bonds. The first-order valence-corrected chi connectivity index (χ1v) is 6.84. The Balaban J connectivity index is 1.86. The summed E-state index contributed by atoms with van der Waals surface area (Å²) in [5.74, 6) is 2.03. The third kappa shape index (κ3) is 4.21. The molecule has 5 heteroatoms. The number of hydrogen-bond acceptors (Lipinski definition) is 4. The fourth-order valence-corrected chi connectivity index (χ4v) is 1.85. The van der Waals surface area contributed by atoms with Crippen molar-refractivity contribution in [2.45, 2.75) is 40.3 Å². The molecule has 0 aliphatic rings. The third-order valence-electron chi connectivity index (χ3n) is 2.82. The lowest BCUT2D eigenvalue weighted by Gasteiger charge is -2.05. The average molecular weight is 262 g/mol. The van der Waals surface area contributed by atoms with Gasteiger partial charge in [-0.1, -0.05) is 20.8 Å². The van der Waals surface area contributed by atoms with E-state index < -0.39 is 0 Å². The normalized spacial score (nSPS) is 11.4. The predicted molar refractivity (Wildman–Crippen MR) is 73.8 cm³/mol. The minimum atomic E-state index is 0.636. The van der Waals surface area contributed by atoms with Crippen molar-refractivity contribution in [1.29, 1.82) is 0 Å². The predicted octanol–water partition coefficient (Wildman–Crippen LogP) is 2.23. The topological polar surface area (TPSA) is 55.9 Å². The van der Waals surface area contributed by atoms with Gasteiger partial charge in [-0.25, -0.2) is 0 Å². The van der Waals surface area contributed by atoms with Crippen LogP contribution in [0.4, 0.5) is 0 Å². The van der Waals surface area contributed by atoms with Crippen LogP contribution in [0.1, 0.15) is 38.1 Å². The Kier molecular flexibility index (Phi) is 4.74. The monoisotopic (exact) mass is 262 g/mol. The summed E-state index contributed by atoms with van der Waals surface area (Å²) in [5.41, 5.74) is 1.27. The standard InChI is InChI=1S/C14H22N4O/c1-4-13-16-17-14(19-13)10-18-6-5-12(9-18)8-15-7-11(2)3/h5-6,9,11,15H,4,7-8,10H2,1-3H3. The second-order valence-electron chi connectivity index (χ2n) is 5.16. The number of nitrogens with zero attached hydrogens (tertiary/aromatic N) is 3. The van der Waals surface area contributed by atoms with E-state index in [-0.39, 0.29) is 0 Å². The largest absolute Gasteiger partial charge is 0.423 e. The molecular weight excluding hydrogens is 240 g/mol. The molecule has 19 heavy (non-hydrogen) atoms. The van der Waals surface area contributed by atoms with E-state index in [0.717, 1.165) is 19.5 Å². The molecule has 0 atom stereocenters. The smallest absolute Gasteiger partial charge is 0.236 e. The van der Waals surface area contributed by atoms with Crippen LogP contribution in [0.5, 0.6) is 0 Å². The van der Waals surface area contributed by atoms with Gasteiger partial charge in [0.05, 0.1) is 0 Å². The summed E-state index contributed by atoms with van der Waals surface area (Å²) in [4.78, 5) is 0. The minimum absolute atomic E-state index is 0.636. The van der Waals surface area contributed by atoms with E-state index in [4.69, 9.17) is 4.42 Å². The maximum absolute atomic E-state index is 5.50. The van der Waals surface area contributed by atoms with E-state index in [1.54, 1.807) is 0 Å². The molecule has 1 N–H and O–H groups in total. The van der Waals surface area contributed by atoms with Crippen LogP contribution in [0.25, 0.3) is 0 Å². The van der Waals surface area contributed by atoms with Gasteiger partial charge in [0.1, 0.15) is 6.54 Å². The molecule has 0 spiro atoms. The highest BCUT2D eigenvalue weighted by molar-refractivity contribution is 5.10. The molecule has 0 aromatic carbocycles. The highest BCUT2D eigenvalue weighted by atomic mass is 16.4. The molecule has 0 bridgehead atoms. The minimum Gasteiger partial charge on any atom is -0.423 e. The lowest BCUT2D eigenvalue weighted by atomic mass is 10.2. The lowest BCUT2D eigenvalue weighted by molar-refractivity contribution is 0.442. The molecular formula is C14H22N4O. The van der Waals surface area contributed by atoms with E-state index in [1.807, 2.05) is 13.1 Å². The Morgan fingerprint density at radius 2 is 2.11 bits per heavy atom. The van der Waals surface area contributed by atoms with Crippen molar-refractivity contribution in [3.8, 4) is 0 Å². The zero-order valence-corrected chi connectivity index (χ0v) is 11.9. The van der Waals surface area contributed by atoms with Crippen LogP contribution in [0.15, 0.2) is 22.9 Å². The van der Waals surface area contributed by atoms with Gasteiger partial charge in [-0.05, 0) is 24.1 Å². The lowest BCUT2D eigenvalue weighted by Crippen LogP contribution is -2.18. The third-order valence-corrected chi connectivity index (χ3v) is 2.82. The highest BCUT2D eigenvalue weighted by Gasteiger charge is 2.05. The number of aromatic nitrogens is 3. The highest BCUT2D eigenvalue weighted by Crippen LogP contribution is 2.06. The second kappa shape index (κ2) is 6.52. The average Bonchev–Trinajstić information content (AvgIpc) is 2.99. The molecule has 2 rings (SSSR count). The molecule has 0 saturated carbocycles. The summed E-state index contributed by atoms with van der Waals surface area (Å²) in [5, 5.41) is 11.4. The van der Waals surface area contributed by atoms with Gasteiger partial charge in [0, 0.05) is 25.4 Å². The van der Waals surface area contributed by atoms with E-state index >= 15 is 0 Å². The molecule has 0 saturated heterocycles. The molecule has 2 heterocycles. The van der Waals surface area contributed by atoms with Crippen LogP contribution < -0.4 is 5.32 Å². The molecule has 0 radical (unpaired) electrons. The van der Waals surface area contributed by atoms with E-state index in [9.17, 15) is 0 Å². The van der Waals surface area contributed by atoms with Gasteiger partial charge < -0.3 is 14.3 Å². The molecule has 104 valence electrons. The van der Waals surface area contributed by atoms with Crippen molar-refractivity contribution in [1.82, 2.24) is 20.1 Å². The maximum Gasteiger partial charge on any atom is 0.236 e. The van der Waals surface area contributed by atoms with Crippen molar-refractivity contribution in [3.05, 3.63) is 35.8 Å². The first-order chi connectivity index (χ1) is 9.17. The summed E-state index contributed by atoms with van der Waals surface area (Å²) in [6.07, 6.45) is 4.94. The zero-order chi connectivity index (χ0) is 13.7. The number of hydrogen-bond donors (Lipinski definition) is 1. The van der Waals surface area contributed by atoms with Crippen LogP contribution in [0.3, 0.4) is 0 Å². The summed E-state index contributed by atoms with van der Waals surface area (Å²) in [7, 11) is 0. The van der Waals surface area contributed by atoms with Gasteiger partial charge in [0.25, 0.3) is 0 Å². The van der Waals surface area contributed by atoms with Crippen molar-refractivity contribution in [2.24, 2.45) is 5.92 Å². The number of aryl methyl sites for hydroxylation is 1. The fraction of sp³-hybridized carbons (Fsp3) is 0.571. The van der Waals surface area contributed by atoms with Gasteiger partial charge in [-0.3, -0.25) is 0 Å². The van der Waals surface area contributed by atoms with Crippen molar-refractivity contribution in [3.63, 3.8) is 0 Å². The molecule has 0 unspecified atom stereocenters. The Morgan fingerprint density at radius 1 is 1.32 bits per heavy atom. The quantitative estimate of drug-likeness (QED) is 0.831. The van der Waals surface area contributed by atoms with Gasteiger partial charge in [0.2, 0.25) is 11.8 Å². The van der Waals surface area contributed by atoms with Gasteiger partial charge in [0.15, 0.2) is 0 Å². The molecule has 0 fully saturated rings. The first kappa shape index (κ1) is 13.8. The van der Waals surface area contributed by atoms with Crippen LogP contribution in [0.2, 0.25) is 0 Å². The molecule has 0 aliphatic heterocycles. The molecule has 5 nitrogen and oxygen atoms in total. The summed E-state index contributed by atoms with van der Waals surface area (Å²) in [6.45, 7) is 8.99. The second-order valence-corrected chi connectivity index (χ2v) is 5.16. The van der Waals surface area contributed by atoms with E-state index in [1.165, 1.54) is 5.56 Å². The van der Waals surface area contributed by atoms with Gasteiger partial charge in [-0.15, -0.1) is 10.2 Å². The molecule has 2 aromatic heterocycles. The Hall–Kier alpha value is -1.62. The van der Waals surface area contributed by atoms with Crippen LogP contribution in [-0.4, -0.2) is 21.3 Å². The van der Waals surface area contributed by atoms with Crippen LogP contribution in [-0.2, 0) is 19.5 Å². The van der Waals surface area contributed by atoms with Crippen molar-refractivity contribution < 1.29 is 4.42 Å². The van der Waals surface area contributed by atoms with Crippen molar-refractivity contribution >= 4 is 0 Å².